The maximum absolute atomic E-state index is 11.3. The zero-order valence-electron chi connectivity index (χ0n) is 7.77. The van der Waals surface area contributed by atoms with Crippen molar-refractivity contribution in [3.8, 4) is 0 Å². The number of nitrogens with two attached hydrogens (primary N) is 1. The predicted octanol–water partition coefficient (Wildman–Crippen LogP) is -1.78. The first-order chi connectivity index (χ1) is 6.43. The molecule has 0 aliphatic carbocycles. The summed E-state index contributed by atoms with van der Waals surface area (Å²) in [6, 6.07) is 0. The van der Waals surface area contributed by atoms with Gasteiger partial charge in [0.15, 0.2) is 0 Å². The SMILES string of the molecule is CC(=O)Nc1cn(C)c(=O)n(N)c1=O. The molecule has 1 rings (SSSR count). The van der Waals surface area contributed by atoms with Crippen molar-refractivity contribution >= 4 is 11.6 Å². The predicted molar refractivity (Wildman–Crippen MR) is 50.4 cm³/mol. The van der Waals surface area contributed by atoms with E-state index in [9.17, 15) is 14.4 Å². The number of nitrogens with one attached hydrogen (secondary N) is 1. The first-order valence-corrected chi connectivity index (χ1v) is 3.79. The van der Waals surface area contributed by atoms with Gasteiger partial charge in [0.2, 0.25) is 5.91 Å². The van der Waals surface area contributed by atoms with E-state index < -0.39 is 17.2 Å². The van der Waals surface area contributed by atoms with Gasteiger partial charge in [-0.3, -0.25) is 14.2 Å². The summed E-state index contributed by atoms with van der Waals surface area (Å²) < 4.78 is 1.54. The number of nitrogens with zero attached hydrogens (tertiary/aromatic N) is 2. The second-order valence-electron chi connectivity index (χ2n) is 2.79. The minimum Gasteiger partial charge on any atom is -0.332 e. The first-order valence-electron chi connectivity index (χ1n) is 3.79. The number of hydrogen-bond acceptors (Lipinski definition) is 4. The molecule has 0 aliphatic rings. The molecule has 76 valence electrons. The molecule has 0 aromatic carbocycles. The lowest BCUT2D eigenvalue weighted by molar-refractivity contribution is -0.114. The Morgan fingerprint density at radius 3 is 2.57 bits per heavy atom. The molecule has 1 amide bonds. The second-order valence-corrected chi connectivity index (χ2v) is 2.79. The summed E-state index contributed by atoms with van der Waals surface area (Å²) in [7, 11) is 1.43. The van der Waals surface area contributed by atoms with Crippen molar-refractivity contribution in [1.29, 1.82) is 0 Å². The number of carbonyl (C=O) groups excluding carboxylic acids is 1. The average molecular weight is 198 g/mol. The fourth-order valence-electron chi connectivity index (χ4n) is 0.966. The maximum Gasteiger partial charge on any atom is 0.349 e. The zero-order valence-corrected chi connectivity index (χ0v) is 7.77. The molecule has 0 fully saturated rings. The quantitative estimate of drug-likeness (QED) is 0.521. The van der Waals surface area contributed by atoms with Crippen LogP contribution in [0.2, 0.25) is 0 Å². The highest BCUT2D eigenvalue weighted by Gasteiger charge is 2.07. The van der Waals surface area contributed by atoms with E-state index in [4.69, 9.17) is 5.84 Å². The molecule has 0 atom stereocenters. The van der Waals surface area contributed by atoms with Crippen LogP contribution in [0.15, 0.2) is 15.8 Å². The summed E-state index contributed by atoms with van der Waals surface area (Å²) in [5.74, 6) is 4.78. The Hall–Kier alpha value is -2.05. The molecular formula is C7H10N4O3. The first kappa shape index (κ1) is 10.0. The van der Waals surface area contributed by atoms with Gasteiger partial charge in [-0.15, -0.1) is 0 Å². The van der Waals surface area contributed by atoms with E-state index in [0.29, 0.717) is 4.68 Å². The Labute approximate surface area is 78.7 Å². The molecule has 1 aromatic rings. The van der Waals surface area contributed by atoms with Crippen LogP contribution in [0.5, 0.6) is 0 Å². The normalized spacial score (nSPS) is 9.86. The number of carbonyl (C=O) groups is 1. The molecule has 0 radical (unpaired) electrons. The Balaban J connectivity index is 3.41. The van der Waals surface area contributed by atoms with Crippen LogP contribution in [0.1, 0.15) is 6.92 Å². The maximum atomic E-state index is 11.3. The van der Waals surface area contributed by atoms with Gasteiger partial charge in [0, 0.05) is 20.2 Å². The van der Waals surface area contributed by atoms with E-state index in [1.165, 1.54) is 20.2 Å². The van der Waals surface area contributed by atoms with E-state index in [-0.39, 0.29) is 5.69 Å². The van der Waals surface area contributed by atoms with Crippen LogP contribution in [0, 0.1) is 0 Å². The minimum atomic E-state index is -0.733. The average Bonchev–Trinajstić information content (AvgIpc) is 2.10. The lowest BCUT2D eigenvalue weighted by atomic mass is 10.5. The van der Waals surface area contributed by atoms with E-state index in [1.807, 2.05) is 0 Å². The number of nitrogen functional groups attached to an aromatic ring is 1. The highest BCUT2D eigenvalue weighted by Crippen LogP contribution is 1.93. The number of rotatable bonds is 1. The monoisotopic (exact) mass is 198 g/mol. The minimum absolute atomic E-state index is 0.0258. The molecule has 0 saturated heterocycles. The summed E-state index contributed by atoms with van der Waals surface area (Å²) in [5, 5.41) is 2.27. The molecule has 0 unspecified atom stereocenters. The Kier molecular flexibility index (Phi) is 2.41. The van der Waals surface area contributed by atoms with Crippen molar-refractivity contribution in [2.75, 3.05) is 11.2 Å². The fourth-order valence-corrected chi connectivity index (χ4v) is 0.966. The van der Waals surface area contributed by atoms with Gasteiger partial charge < -0.3 is 11.2 Å². The third-order valence-electron chi connectivity index (χ3n) is 1.59. The van der Waals surface area contributed by atoms with Gasteiger partial charge >= 0.3 is 5.69 Å². The molecule has 7 heteroatoms. The van der Waals surface area contributed by atoms with Gasteiger partial charge in [0.05, 0.1) is 0 Å². The summed E-state index contributed by atoms with van der Waals surface area (Å²) in [5.41, 5.74) is -1.41. The number of hydrogen-bond donors (Lipinski definition) is 2. The lowest BCUT2D eigenvalue weighted by Crippen LogP contribution is -2.44. The van der Waals surface area contributed by atoms with E-state index in [0.717, 1.165) is 4.57 Å². The van der Waals surface area contributed by atoms with Crippen LogP contribution in [-0.4, -0.2) is 15.2 Å². The topological polar surface area (TPSA) is 99.1 Å². The summed E-state index contributed by atoms with van der Waals surface area (Å²) in [6.45, 7) is 1.26. The van der Waals surface area contributed by atoms with Gasteiger partial charge in [-0.05, 0) is 0 Å². The van der Waals surface area contributed by atoms with Crippen molar-refractivity contribution in [2.24, 2.45) is 7.05 Å². The lowest BCUT2D eigenvalue weighted by Gasteiger charge is -2.05. The molecular weight excluding hydrogens is 188 g/mol. The van der Waals surface area contributed by atoms with E-state index in [1.54, 1.807) is 0 Å². The van der Waals surface area contributed by atoms with Gasteiger partial charge in [0.1, 0.15) is 5.69 Å². The Bertz CT molecular complexity index is 485. The molecule has 1 heterocycles. The molecule has 14 heavy (non-hydrogen) atoms. The molecule has 1 aromatic heterocycles. The largest absolute Gasteiger partial charge is 0.349 e. The van der Waals surface area contributed by atoms with E-state index >= 15 is 0 Å². The van der Waals surface area contributed by atoms with Crippen LogP contribution < -0.4 is 22.4 Å². The number of aryl methyl sites for hydroxylation is 1. The van der Waals surface area contributed by atoms with Gasteiger partial charge in [0.25, 0.3) is 5.56 Å². The van der Waals surface area contributed by atoms with E-state index in [2.05, 4.69) is 5.32 Å². The fraction of sp³-hybridized carbons (Fsp3) is 0.286. The second kappa shape index (κ2) is 3.36. The highest BCUT2D eigenvalue weighted by atomic mass is 16.2. The Morgan fingerprint density at radius 2 is 2.07 bits per heavy atom. The van der Waals surface area contributed by atoms with Gasteiger partial charge in [-0.25, -0.2) is 4.79 Å². The van der Waals surface area contributed by atoms with Crippen molar-refractivity contribution < 1.29 is 4.79 Å². The van der Waals surface area contributed by atoms with Crippen LogP contribution in [0.4, 0.5) is 5.69 Å². The van der Waals surface area contributed by atoms with Crippen molar-refractivity contribution in [3.63, 3.8) is 0 Å². The summed E-state index contributed by atoms with van der Waals surface area (Å²) in [4.78, 5) is 33.1. The zero-order chi connectivity index (χ0) is 10.9. The summed E-state index contributed by atoms with van der Waals surface area (Å²) in [6.07, 6.45) is 1.22. The molecule has 0 saturated carbocycles. The van der Waals surface area contributed by atoms with Crippen LogP contribution in [0.3, 0.4) is 0 Å². The molecule has 3 N–H and O–H groups in total. The molecule has 0 aliphatic heterocycles. The number of amides is 1. The highest BCUT2D eigenvalue weighted by molar-refractivity contribution is 5.88. The summed E-state index contributed by atoms with van der Waals surface area (Å²) >= 11 is 0. The smallest absolute Gasteiger partial charge is 0.332 e. The van der Waals surface area contributed by atoms with Crippen LogP contribution in [-0.2, 0) is 11.8 Å². The van der Waals surface area contributed by atoms with Crippen molar-refractivity contribution in [2.45, 2.75) is 6.92 Å². The third-order valence-corrected chi connectivity index (χ3v) is 1.59. The van der Waals surface area contributed by atoms with Gasteiger partial charge in [-0.1, -0.05) is 0 Å². The number of aromatic nitrogens is 2. The van der Waals surface area contributed by atoms with Crippen LogP contribution >= 0.6 is 0 Å². The molecule has 0 spiro atoms. The van der Waals surface area contributed by atoms with Gasteiger partial charge in [-0.2, -0.15) is 4.68 Å². The van der Waals surface area contributed by atoms with Crippen molar-refractivity contribution in [1.82, 2.24) is 9.24 Å². The number of anilines is 1. The van der Waals surface area contributed by atoms with Crippen LogP contribution in [0.25, 0.3) is 0 Å². The molecule has 0 bridgehead atoms. The van der Waals surface area contributed by atoms with Crippen molar-refractivity contribution in [3.05, 3.63) is 27.0 Å². The molecule has 7 nitrogen and oxygen atoms in total. The Morgan fingerprint density at radius 1 is 1.50 bits per heavy atom. The standard InChI is InChI=1S/C7H10N4O3/c1-4(12)9-5-3-10(2)7(14)11(8)6(5)13/h3H,8H2,1-2H3,(H,9,12). The third kappa shape index (κ3) is 1.65.